The number of nitrogens with two attached hydrogens (primary N) is 1. The fourth-order valence-corrected chi connectivity index (χ4v) is 9.12. The number of rotatable bonds is 16. The number of Topliss-reactive ketones (excluding diaryl/α,β-unsaturated/α-hetero) is 1. The molecule has 0 aromatic heterocycles. The highest BCUT2D eigenvalue weighted by atomic mass is 16.3. The summed E-state index contributed by atoms with van der Waals surface area (Å²) in [6.45, 7) is 13.3. The molecule has 2 aliphatic carbocycles. The lowest BCUT2D eigenvalue weighted by atomic mass is 9.52. The van der Waals surface area contributed by atoms with Gasteiger partial charge in [0.2, 0.25) is 5.91 Å². The molecule has 1 aliphatic heterocycles. The minimum Gasteiger partial charge on any atom is -0.396 e. The first kappa shape index (κ1) is 42.5. The van der Waals surface area contributed by atoms with Crippen LogP contribution >= 0.6 is 0 Å². The molecule has 1 aromatic rings. The Balaban J connectivity index is 1.68. The minimum atomic E-state index is -1.27. The molecule has 0 radical (unpaired) electrons. The summed E-state index contributed by atoms with van der Waals surface area (Å²) in [5.74, 6) is -1.26. The summed E-state index contributed by atoms with van der Waals surface area (Å²) in [5, 5.41) is 60.8. The second kappa shape index (κ2) is 18.4. The Morgan fingerprint density at radius 2 is 1.94 bits per heavy atom. The normalized spacial score (nSPS) is 30.3. The number of allylic oxidation sites excluding steroid dienone is 8. The van der Waals surface area contributed by atoms with E-state index in [0.29, 0.717) is 66.4 Å². The molecule has 1 spiro atoms. The predicted octanol–water partition coefficient (Wildman–Crippen LogP) is 4.68. The number of carbonyl (C=O) groups excluding carboxylic acids is 2. The fraction of sp³-hybridized carbons (Fsp3) is 0.581. The zero-order valence-corrected chi connectivity index (χ0v) is 32.3. The van der Waals surface area contributed by atoms with Crippen LogP contribution in [-0.2, 0) is 16.0 Å². The molecule has 0 bridgehead atoms. The van der Waals surface area contributed by atoms with E-state index in [1.54, 1.807) is 13.8 Å². The summed E-state index contributed by atoms with van der Waals surface area (Å²) in [6.07, 6.45) is 9.84. The molecule has 2 saturated carbocycles. The number of hydrogen-bond donors (Lipinski definition) is 8. The van der Waals surface area contributed by atoms with Gasteiger partial charge in [-0.05, 0) is 120 Å². The molecular formula is C43H63N3O7. The summed E-state index contributed by atoms with van der Waals surface area (Å²) in [5.41, 5.74) is 10.4. The van der Waals surface area contributed by atoms with Gasteiger partial charge in [0.05, 0.1) is 24.4 Å². The number of aliphatic hydroxyl groups excluding tert-OH is 4. The van der Waals surface area contributed by atoms with E-state index in [0.717, 1.165) is 24.0 Å². The molecule has 3 aliphatic rings. The van der Waals surface area contributed by atoms with Gasteiger partial charge in [-0.25, -0.2) is 0 Å². The van der Waals surface area contributed by atoms with Crippen molar-refractivity contribution in [3.05, 3.63) is 93.6 Å². The first-order valence-electron chi connectivity index (χ1n) is 19.2. The van der Waals surface area contributed by atoms with Crippen molar-refractivity contribution in [2.75, 3.05) is 19.8 Å². The van der Waals surface area contributed by atoms with Crippen LogP contribution in [0.5, 0.6) is 0 Å². The van der Waals surface area contributed by atoms with Crippen LogP contribution in [0.2, 0.25) is 0 Å². The zero-order chi connectivity index (χ0) is 39.1. The topological polar surface area (TPSA) is 185 Å². The molecule has 53 heavy (non-hydrogen) atoms. The molecule has 0 saturated heterocycles. The van der Waals surface area contributed by atoms with Crippen molar-refractivity contribution in [3.63, 3.8) is 0 Å². The summed E-state index contributed by atoms with van der Waals surface area (Å²) >= 11 is 0. The Morgan fingerprint density at radius 1 is 1.21 bits per heavy atom. The van der Waals surface area contributed by atoms with E-state index in [9.17, 15) is 35.1 Å². The maximum Gasteiger partial charge on any atom is 0.243 e. The molecule has 1 heterocycles. The lowest BCUT2D eigenvalue weighted by molar-refractivity contribution is -0.167. The van der Waals surface area contributed by atoms with Crippen LogP contribution in [0.1, 0.15) is 115 Å². The standard InChI is InChI=1S/C43H63N3O7/c1-26(2)11-7-12-27(3)13-8-15-31(25-48)33-19-21-43(39(33)51)35(17-10-22-47)32(18-20-42(43,6)53)29(5)36(50)23-30-14-9-16-34-37(30)38(45-24-28(4)49)41(52)46-40(34)44/h8-9,11,13-16,28,33,35,38-40,45,47-49,51,53H,3,7,10,12,17-25,44H2,1-2,4-6H3,(H,46,52)/b13-8+,31-15-,32-29+/t28-,33+,35+,38-,39+,40-,42+,43+/m0/s1. The van der Waals surface area contributed by atoms with Crippen LogP contribution in [0.3, 0.4) is 0 Å². The van der Waals surface area contributed by atoms with Gasteiger partial charge in [0.25, 0.3) is 0 Å². The molecule has 2 fully saturated rings. The predicted molar refractivity (Wildman–Crippen MR) is 208 cm³/mol. The third-order valence-electron chi connectivity index (χ3n) is 12.0. The number of aliphatic hydroxyl groups is 5. The number of nitrogens with one attached hydrogen (secondary N) is 2. The van der Waals surface area contributed by atoms with Crippen LogP contribution < -0.4 is 16.4 Å². The van der Waals surface area contributed by atoms with Crippen LogP contribution in [0.15, 0.2) is 76.9 Å². The van der Waals surface area contributed by atoms with Gasteiger partial charge >= 0.3 is 0 Å². The van der Waals surface area contributed by atoms with E-state index in [2.05, 4.69) is 37.1 Å². The Labute approximate surface area is 315 Å². The maximum atomic E-state index is 14.3. The molecule has 4 rings (SSSR count). The van der Waals surface area contributed by atoms with E-state index >= 15 is 0 Å². The van der Waals surface area contributed by atoms with Gasteiger partial charge in [-0.3, -0.25) is 14.9 Å². The lowest BCUT2D eigenvalue weighted by Gasteiger charge is -2.55. The van der Waals surface area contributed by atoms with Gasteiger partial charge in [0.15, 0.2) is 5.78 Å². The van der Waals surface area contributed by atoms with Gasteiger partial charge < -0.3 is 36.6 Å². The van der Waals surface area contributed by atoms with Crippen molar-refractivity contribution in [2.24, 2.45) is 23.0 Å². The van der Waals surface area contributed by atoms with Gasteiger partial charge in [0, 0.05) is 30.9 Å². The molecule has 10 nitrogen and oxygen atoms in total. The van der Waals surface area contributed by atoms with Crippen molar-refractivity contribution in [2.45, 2.75) is 122 Å². The van der Waals surface area contributed by atoms with E-state index in [1.165, 1.54) is 5.57 Å². The Kier molecular flexibility index (Phi) is 14.8. The van der Waals surface area contributed by atoms with Crippen molar-refractivity contribution >= 4 is 11.7 Å². The second-order valence-electron chi connectivity index (χ2n) is 15.9. The number of carbonyl (C=O) groups is 2. The molecule has 1 amide bonds. The van der Waals surface area contributed by atoms with Crippen LogP contribution in [0, 0.1) is 17.3 Å². The number of fused-ring (bicyclic) bond motifs is 1. The number of amides is 1. The zero-order valence-electron chi connectivity index (χ0n) is 32.3. The number of ketones is 1. The van der Waals surface area contributed by atoms with Crippen LogP contribution in [0.25, 0.3) is 0 Å². The first-order chi connectivity index (χ1) is 25.1. The molecule has 9 N–H and O–H groups in total. The molecule has 8 atom stereocenters. The molecule has 1 aromatic carbocycles. The average Bonchev–Trinajstić information content (AvgIpc) is 3.44. The summed E-state index contributed by atoms with van der Waals surface area (Å²) < 4.78 is 0. The minimum absolute atomic E-state index is 0.00994. The summed E-state index contributed by atoms with van der Waals surface area (Å²) in [4.78, 5) is 27.4. The van der Waals surface area contributed by atoms with E-state index < -0.39 is 47.3 Å². The van der Waals surface area contributed by atoms with E-state index in [1.807, 2.05) is 43.4 Å². The summed E-state index contributed by atoms with van der Waals surface area (Å²) in [6, 6.07) is 4.69. The highest BCUT2D eigenvalue weighted by molar-refractivity contribution is 5.98. The van der Waals surface area contributed by atoms with E-state index in [4.69, 9.17) is 5.73 Å². The van der Waals surface area contributed by atoms with Crippen LogP contribution in [0.4, 0.5) is 0 Å². The van der Waals surface area contributed by atoms with Gasteiger partial charge in [-0.2, -0.15) is 0 Å². The van der Waals surface area contributed by atoms with E-state index in [-0.39, 0.29) is 37.9 Å². The number of hydrogen-bond acceptors (Lipinski definition) is 9. The van der Waals surface area contributed by atoms with Gasteiger partial charge in [-0.1, -0.05) is 65.8 Å². The Bertz CT molecular complexity index is 1620. The maximum absolute atomic E-state index is 14.3. The first-order valence-corrected chi connectivity index (χ1v) is 19.2. The average molecular weight is 734 g/mol. The van der Waals surface area contributed by atoms with Crippen molar-refractivity contribution < 1.29 is 35.1 Å². The molecule has 10 heteroatoms. The highest BCUT2D eigenvalue weighted by Gasteiger charge is 2.64. The third kappa shape index (κ3) is 9.36. The highest BCUT2D eigenvalue weighted by Crippen LogP contribution is 2.63. The third-order valence-corrected chi connectivity index (χ3v) is 12.0. The molecule has 292 valence electrons. The smallest absolute Gasteiger partial charge is 0.243 e. The van der Waals surface area contributed by atoms with Crippen LogP contribution in [-0.4, -0.2) is 74.8 Å². The molecule has 0 unspecified atom stereocenters. The fourth-order valence-electron chi connectivity index (χ4n) is 9.12. The monoisotopic (exact) mass is 733 g/mol. The van der Waals surface area contributed by atoms with Gasteiger partial charge in [0.1, 0.15) is 12.2 Å². The lowest BCUT2D eigenvalue weighted by Crippen LogP contribution is -2.59. The Morgan fingerprint density at radius 3 is 2.60 bits per heavy atom. The van der Waals surface area contributed by atoms with Crippen molar-refractivity contribution in [1.29, 1.82) is 0 Å². The second-order valence-corrected chi connectivity index (χ2v) is 15.9. The largest absolute Gasteiger partial charge is 0.396 e. The molecular weight excluding hydrogens is 670 g/mol. The van der Waals surface area contributed by atoms with Crippen molar-refractivity contribution in [3.8, 4) is 0 Å². The number of benzene rings is 1. The summed E-state index contributed by atoms with van der Waals surface area (Å²) in [7, 11) is 0. The van der Waals surface area contributed by atoms with Crippen molar-refractivity contribution in [1.82, 2.24) is 10.6 Å². The quantitative estimate of drug-likeness (QED) is 0.0679. The Hall–Kier alpha value is -3.22. The SMILES string of the molecule is C=C(/C=C/C=C(/CO)[C@H]1CC[C@@]2([C@H](CCCO)/C(=C(\C)C(=O)Cc3cccc4c3[C@H](NC[C@H](C)O)C(=O)N[C@@H]4N)CC[C@@]2(C)O)[C@@H]1O)CCC=C(C)C. The van der Waals surface area contributed by atoms with Gasteiger partial charge in [-0.15, -0.1) is 0 Å².